The molecule has 2 aliphatic rings. The molecule has 1 aliphatic carbocycles. The number of hydrogen-bond acceptors (Lipinski definition) is 3. The van der Waals surface area contributed by atoms with Gasteiger partial charge in [-0.15, -0.1) is 0 Å². The molecule has 5 heteroatoms. The van der Waals surface area contributed by atoms with Gasteiger partial charge in [0.05, 0.1) is 13.0 Å². The van der Waals surface area contributed by atoms with Crippen LogP contribution in [-0.2, 0) is 9.53 Å². The maximum atomic E-state index is 12.2. The summed E-state index contributed by atoms with van der Waals surface area (Å²) in [6, 6.07) is 7.10. The summed E-state index contributed by atoms with van der Waals surface area (Å²) in [5, 5.41) is 5.50. The van der Waals surface area contributed by atoms with Gasteiger partial charge in [0.1, 0.15) is 5.54 Å². The second-order valence-corrected chi connectivity index (χ2v) is 6.18. The van der Waals surface area contributed by atoms with Crippen molar-refractivity contribution < 1.29 is 14.2 Å². The predicted octanol–water partition coefficient (Wildman–Crippen LogP) is 3.55. The van der Waals surface area contributed by atoms with Gasteiger partial charge in [0, 0.05) is 17.2 Å². The van der Waals surface area contributed by atoms with E-state index >= 15 is 0 Å². The van der Waals surface area contributed by atoms with Gasteiger partial charge >= 0.3 is 5.97 Å². The highest BCUT2D eigenvalue weighted by molar-refractivity contribution is 6.30. The Kier molecular flexibility index (Phi) is 3.28. The minimum Gasteiger partial charge on any atom is -0.464 e. The summed E-state index contributed by atoms with van der Waals surface area (Å²) in [5.41, 5.74) is 0.735. The first-order valence-corrected chi connectivity index (χ1v) is 7.28. The topological polar surface area (TPSA) is 41.7 Å². The molecule has 1 fully saturated rings. The number of ether oxygens (including phenoxy) is 1. The molecule has 0 aromatic heterocycles. The normalized spacial score (nSPS) is 31.9. The Bertz CT molecular complexity index is 570. The van der Waals surface area contributed by atoms with Gasteiger partial charge in [0.25, 0.3) is 6.04 Å². The molecular formula is C15H18ClN2O2+. The largest absolute Gasteiger partial charge is 0.464 e. The van der Waals surface area contributed by atoms with E-state index in [1.165, 1.54) is 7.11 Å². The fourth-order valence-electron chi connectivity index (χ4n) is 3.47. The van der Waals surface area contributed by atoms with E-state index in [9.17, 15) is 4.79 Å². The maximum absolute atomic E-state index is 12.2. The van der Waals surface area contributed by atoms with E-state index in [0.717, 1.165) is 24.9 Å². The number of methoxy groups -OCH3 is 1. The molecule has 3 rings (SSSR count). The third kappa shape index (κ3) is 2.03. The lowest BCUT2D eigenvalue weighted by molar-refractivity contribution is -0.531. The van der Waals surface area contributed by atoms with Crippen LogP contribution in [0.15, 0.2) is 29.4 Å². The van der Waals surface area contributed by atoms with Crippen LogP contribution in [0.25, 0.3) is 0 Å². The summed E-state index contributed by atoms with van der Waals surface area (Å²) in [4.78, 5) is 12.2. The predicted molar refractivity (Wildman–Crippen MR) is 75.4 cm³/mol. The van der Waals surface area contributed by atoms with Crippen molar-refractivity contribution in [2.24, 2.45) is 11.0 Å². The summed E-state index contributed by atoms with van der Waals surface area (Å²) >= 11 is 5.93. The molecule has 1 aliphatic heterocycles. The Labute approximate surface area is 123 Å². The number of rotatable bonds is 2. The molecule has 0 unspecified atom stereocenters. The lowest BCUT2D eigenvalue weighted by Gasteiger charge is -2.16. The van der Waals surface area contributed by atoms with E-state index < -0.39 is 0 Å². The van der Waals surface area contributed by atoms with Crippen molar-refractivity contribution in [1.29, 1.82) is 0 Å². The number of azo groups is 2. The molecule has 3 atom stereocenters. The van der Waals surface area contributed by atoms with Crippen molar-refractivity contribution in [3.63, 3.8) is 0 Å². The number of nitrogens with zero attached hydrogens (tertiary/aromatic N) is 2. The molecule has 0 spiro atoms. The molecule has 0 amide bonds. The molecular weight excluding hydrogens is 276 g/mol. The number of esters is 1. The van der Waals surface area contributed by atoms with Crippen LogP contribution in [0.3, 0.4) is 0 Å². The van der Waals surface area contributed by atoms with Crippen LogP contribution in [0.4, 0.5) is 5.69 Å². The molecule has 4 nitrogen and oxygen atoms in total. The van der Waals surface area contributed by atoms with Crippen LogP contribution < -0.4 is 0 Å². The van der Waals surface area contributed by atoms with Gasteiger partial charge < -0.3 is 4.74 Å². The van der Waals surface area contributed by atoms with Gasteiger partial charge in [0.15, 0.2) is 0 Å². The van der Waals surface area contributed by atoms with Crippen LogP contribution in [0.5, 0.6) is 0 Å². The second-order valence-electron chi connectivity index (χ2n) is 5.74. The highest BCUT2D eigenvalue weighted by Gasteiger charge is 2.60. The van der Waals surface area contributed by atoms with E-state index in [0.29, 0.717) is 5.02 Å². The molecule has 0 N–H and O–H groups in total. The standard InChI is InChI=1S/C15H18ClN2O2/c1-15-9-3-4-12(15)13(14(19)20-2)18(17-15)11-7-5-10(16)6-8-11/h5-8,12-13H,3-4,9H2,1-2H3/q+1/t12-,13+,15-/m0/s1. The van der Waals surface area contributed by atoms with E-state index in [1.54, 1.807) is 0 Å². The average Bonchev–Trinajstić information content (AvgIpc) is 2.92. The van der Waals surface area contributed by atoms with E-state index in [-0.39, 0.29) is 23.5 Å². The maximum Gasteiger partial charge on any atom is 0.378 e. The van der Waals surface area contributed by atoms with Crippen molar-refractivity contribution >= 4 is 23.3 Å². The van der Waals surface area contributed by atoms with Crippen LogP contribution in [-0.4, -0.2) is 29.4 Å². The first kappa shape index (κ1) is 13.6. The van der Waals surface area contributed by atoms with Crippen LogP contribution in [0.2, 0.25) is 5.02 Å². The number of hydrogen-bond donors (Lipinski definition) is 0. The third-order valence-corrected chi connectivity index (χ3v) is 4.76. The summed E-state index contributed by atoms with van der Waals surface area (Å²) in [6.07, 6.45) is 3.16. The van der Waals surface area contributed by atoms with Gasteiger partial charge in [0.2, 0.25) is 5.69 Å². The molecule has 0 bridgehead atoms. The minimum atomic E-state index is -0.325. The molecule has 20 heavy (non-hydrogen) atoms. The first-order chi connectivity index (χ1) is 9.55. The Balaban J connectivity index is 2.04. The summed E-state index contributed by atoms with van der Waals surface area (Å²) in [5.74, 6) is 0.0185. The quantitative estimate of drug-likeness (QED) is 0.618. The van der Waals surface area contributed by atoms with Crippen molar-refractivity contribution in [2.45, 2.75) is 37.8 Å². The molecule has 0 saturated heterocycles. The van der Waals surface area contributed by atoms with Gasteiger partial charge in [-0.25, -0.2) is 4.79 Å². The lowest BCUT2D eigenvalue weighted by atomic mass is 9.85. The number of carbonyl (C=O) groups excluding carboxylic acids is 1. The Morgan fingerprint density at radius 2 is 2.15 bits per heavy atom. The Hall–Kier alpha value is -1.42. The SMILES string of the molecule is COC(=O)[C@H]1[C@@H]2CCC[C@]2(C)N=[N+]1c1ccc(Cl)cc1. The summed E-state index contributed by atoms with van der Waals surface area (Å²) < 4.78 is 6.82. The van der Waals surface area contributed by atoms with E-state index in [2.05, 4.69) is 6.92 Å². The minimum absolute atomic E-state index is 0.154. The van der Waals surface area contributed by atoms with Crippen LogP contribution in [0, 0.1) is 5.92 Å². The van der Waals surface area contributed by atoms with Gasteiger partial charge in [-0.3, -0.25) is 0 Å². The fraction of sp³-hybridized carbons (Fsp3) is 0.533. The second kappa shape index (κ2) is 4.85. The smallest absolute Gasteiger partial charge is 0.378 e. The van der Waals surface area contributed by atoms with Crippen molar-refractivity contribution in [2.75, 3.05) is 7.11 Å². The zero-order valence-electron chi connectivity index (χ0n) is 11.7. The van der Waals surface area contributed by atoms with Gasteiger partial charge in [-0.2, -0.15) is 0 Å². The molecule has 1 heterocycles. The monoisotopic (exact) mass is 293 g/mol. The lowest BCUT2D eigenvalue weighted by Crippen LogP contribution is -2.38. The van der Waals surface area contributed by atoms with Gasteiger partial charge in [-0.1, -0.05) is 22.7 Å². The number of carbonyl (C=O) groups is 1. The molecule has 1 saturated carbocycles. The van der Waals surface area contributed by atoms with Crippen molar-refractivity contribution in [3.8, 4) is 0 Å². The zero-order chi connectivity index (χ0) is 14.3. The molecule has 1 aromatic rings. The number of halogens is 1. The Morgan fingerprint density at radius 3 is 2.80 bits per heavy atom. The van der Waals surface area contributed by atoms with Crippen LogP contribution >= 0.6 is 11.6 Å². The molecule has 106 valence electrons. The first-order valence-electron chi connectivity index (χ1n) is 6.90. The van der Waals surface area contributed by atoms with Crippen molar-refractivity contribution in [1.82, 2.24) is 0 Å². The van der Waals surface area contributed by atoms with E-state index in [4.69, 9.17) is 21.5 Å². The van der Waals surface area contributed by atoms with E-state index in [1.807, 2.05) is 29.0 Å². The average molecular weight is 294 g/mol. The number of fused-ring (bicyclic) bond motifs is 1. The van der Waals surface area contributed by atoms with Crippen LogP contribution in [0.1, 0.15) is 26.2 Å². The highest BCUT2D eigenvalue weighted by atomic mass is 35.5. The number of benzene rings is 1. The Morgan fingerprint density at radius 1 is 1.45 bits per heavy atom. The van der Waals surface area contributed by atoms with Crippen molar-refractivity contribution in [3.05, 3.63) is 29.3 Å². The highest BCUT2D eigenvalue weighted by Crippen LogP contribution is 2.47. The molecule has 1 aromatic carbocycles. The van der Waals surface area contributed by atoms with Gasteiger partial charge in [-0.05, 0) is 37.0 Å². The fourth-order valence-corrected chi connectivity index (χ4v) is 3.60. The molecule has 0 radical (unpaired) electrons. The summed E-state index contributed by atoms with van der Waals surface area (Å²) in [7, 11) is 1.44. The third-order valence-electron chi connectivity index (χ3n) is 4.51. The summed E-state index contributed by atoms with van der Waals surface area (Å²) in [6.45, 7) is 2.14. The zero-order valence-corrected chi connectivity index (χ0v) is 12.4.